The summed E-state index contributed by atoms with van der Waals surface area (Å²) in [6.07, 6.45) is 3.02. The molecule has 3 aromatic rings. The summed E-state index contributed by atoms with van der Waals surface area (Å²) in [6.45, 7) is 1.54. The summed E-state index contributed by atoms with van der Waals surface area (Å²) < 4.78 is 5.18. The van der Waals surface area contributed by atoms with Crippen LogP contribution in [-0.2, 0) is 13.0 Å². The van der Waals surface area contributed by atoms with Gasteiger partial charge in [0.15, 0.2) is 5.96 Å². The van der Waals surface area contributed by atoms with E-state index in [4.69, 9.17) is 4.74 Å². The van der Waals surface area contributed by atoms with E-state index in [0.29, 0.717) is 0 Å². The molecule has 0 amide bonds. The van der Waals surface area contributed by atoms with E-state index in [1.807, 2.05) is 30.3 Å². The number of hydrogen-bond acceptors (Lipinski definition) is 2. The number of guanidine groups is 1. The van der Waals surface area contributed by atoms with Gasteiger partial charge < -0.3 is 20.4 Å². The molecule has 0 atom stereocenters. The number of nitrogens with one attached hydrogen (secondary N) is 3. The Hall–Kier alpha value is -2.22. The van der Waals surface area contributed by atoms with Crippen molar-refractivity contribution in [3.63, 3.8) is 0 Å². The molecule has 0 saturated heterocycles. The number of ether oxygens (including phenoxy) is 1. The van der Waals surface area contributed by atoms with Gasteiger partial charge in [0, 0.05) is 37.2 Å². The number of methoxy groups -OCH3 is 1. The highest BCUT2D eigenvalue weighted by atomic mass is 127. The molecule has 0 saturated carbocycles. The average molecular weight is 464 g/mol. The molecule has 0 spiro atoms. The van der Waals surface area contributed by atoms with Gasteiger partial charge in [0.05, 0.1) is 7.11 Å². The van der Waals surface area contributed by atoms with Gasteiger partial charge in [-0.3, -0.25) is 4.99 Å². The van der Waals surface area contributed by atoms with Crippen LogP contribution in [0, 0.1) is 0 Å². The Bertz CT molecular complexity index is 842. The quantitative estimate of drug-likeness (QED) is 0.296. The minimum absolute atomic E-state index is 0. The Morgan fingerprint density at radius 3 is 2.58 bits per heavy atom. The molecule has 0 aliphatic heterocycles. The van der Waals surface area contributed by atoms with E-state index < -0.39 is 0 Å². The lowest BCUT2D eigenvalue weighted by Gasteiger charge is -2.12. The van der Waals surface area contributed by atoms with Crippen LogP contribution in [-0.4, -0.2) is 31.6 Å². The van der Waals surface area contributed by atoms with Crippen molar-refractivity contribution >= 4 is 40.8 Å². The fourth-order valence-electron chi connectivity index (χ4n) is 2.80. The van der Waals surface area contributed by atoms with Crippen LogP contribution in [0.3, 0.4) is 0 Å². The first kappa shape index (κ1) is 20.1. The molecule has 3 rings (SSSR count). The Morgan fingerprint density at radius 1 is 1.08 bits per heavy atom. The smallest absolute Gasteiger partial charge is 0.191 e. The van der Waals surface area contributed by atoms with E-state index in [9.17, 15) is 0 Å². The van der Waals surface area contributed by atoms with E-state index in [1.54, 1.807) is 14.2 Å². The van der Waals surface area contributed by atoms with Gasteiger partial charge in [-0.25, -0.2) is 0 Å². The molecule has 1 heterocycles. The van der Waals surface area contributed by atoms with Crippen molar-refractivity contribution in [1.82, 2.24) is 15.6 Å². The Balaban J connectivity index is 0.00000243. The van der Waals surface area contributed by atoms with Crippen molar-refractivity contribution < 1.29 is 4.74 Å². The highest BCUT2D eigenvalue weighted by molar-refractivity contribution is 14.0. The van der Waals surface area contributed by atoms with E-state index >= 15 is 0 Å². The Kier molecular flexibility index (Phi) is 7.77. The maximum Gasteiger partial charge on any atom is 0.191 e. The van der Waals surface area contributed by atoms with Gasteiger partial charge in [-0.1, -0.05) is 30.3 Å². The number of rotatable bonds is 6. The molecule has 6 heteroatoms. The summed E-state index contributed by atoms with van der Waals surface area (Å²) in [6, 6.07) is 16.4. The van der Waals surface area contributed by atoms with Crippen LogP contribution in [0.15, 0.2) is 59.7 Å². The predicted octanol–water partition coefficient (Wildman–Crippen LogP) is 3.70. The zero-order chi connectivity index (χ0) is 17.5. The number of fused-ring (bicyclic) bond motifs is 1. The molecule has 0 fully saturated rings. The molecule has 26 heavy (non-hydrogen) atoms. The number of aromatic amines is 1. The monoisotopic (exact) mass is 464 g/mol. The second-order valence-electron chi connectivity index (χ2n) is 5.81. The third kappa shape index (κ3) is 5.14. The van der Waals surface area contributed by atoms with Crippen LogP contribution in [0.1, 0.15) is 11.1 Å². The molecule has 138 valence electrons. The SMILES string of the molecule is CN=C(NCCc1c[nH]c2ccccc12)NCc1ccc(OC)cc1.I. The van der Waals surface area contributed by atoms with Crippen molar-refractivity contribution in [3.8, 4) is 5.75 Å². The molecule has 0 unspecified atom stereocenters. The first-order valence-corrected chi connectivity index (χ1v) is 8.42. The molecular weight excluding hydrogens is 439 g/mol. The summed E-state index contributed by atoms with van der Waals surface area (Å²) >= 11 is 0. The van der Waals surface area contributed by atoms with Crippen LogP contribution in [0.25, 0.3) is 10.9 Å². The summed E-state index contributed by atoms with van der Waals surface area (Å²) in [5, 5.41) is 7.98. The van der Waals surface area contributed by atoms with E-state index in [1.165, 1.54) is 22.0 Å². The number of hydrogen-bond donors (Lipinski definition) is 3. The van der Waals surface area contributed by atoms with Crippen molar-refractivity contribution in [1.29, 1.82) is 0 Å². The van der Waals surface area contributed by atoms with Gasteiger partial charge in [0.2, 0.25) is 0 Å². The number of aromatic nitrogens is 1. The third-order valence-electron chi connectivity index (χ3n) is 4.20. The van der Waals surface area contributed by atoms with Crippen molar-refractivity contribution in [2.75, 3.05) is 20.7 Å². The van der Waals surface area contributed by atoms with Gasteiger partial charge in [-0.05, 0) is 35.7 Å². The molecule has 3 N–H and O–H groups in total. The number of nitrogens with zero attached hydrogens (tertiary/aromatic N) is 1. The zero-order valence-corrected chi connectivity index (χ0v) is 17.4. The predicted molar refractivity (Wildman–Crippen MR) is 119 cm³/mol. The Labute approximate surface area is 171 Å². The highest BCUT2D eigenvalue weighted by Gasteiger charge is 2.03. The highest BCUT2D eigenvalue weighted by Crippen LogP contribution is 2.17. The number of benzene rings is 2. The molecule has 0 radical (unpaired) electrons. The number of halogens is 1. The van der Waals surface area contributed by atoms with E-state index in [-0.39, 0.29) is 24.0 Å². The van der Waals surface area contributed by atoms with E-state index in [2.05, 4.69) is 45.0 Å². The lowest BCUT2D eigenvalue weighted by atomic mass is 10.1. The maximum atomic E-state index is 5.18. The third-order valence-corrected chi connectivity index (χ3v) is 4.20. The molecular formula is C20H25IN4O. The summed E-state index contributed by atoms with van der Waals surface area (Å²) in [5.41, 5.74) is 3.67. The lowest BCUT2D eigenvalue weighted by molar-refractivity contribution is 0.414. The number of para-hydroxylation sites is 1. The topological polar surface area (TPSA) is 61.4 Å². The number of H-pyrrole nitrogens is 1. The molecule has 2 aromatic carbocycles. The molecule has 1 aromatic heterocycles. The van der Waals surface area contributed by atoms with Gasteiger partial charge in [-0.2, -0.15) is 0 Å². The standard InChI is InChI=1S/C20H24N4O.HI/c1-21-20(24-13-15-7-9-17(25-2)10-8-15)22-12-11-16-14-23-19-6-4-3-5-18(16)19;/h3-10,14,23H,11-13H2,1-2H3,(H2,21,22,24);1H. The first-order valence-electron chi connectivity index (χ1n) is 8.42. The summed E-state index contributed by atoms with van der Waals surface area (Å²) in [5.74, 6) is 1.67. The van der Waals surface area contributed by atoms with Crippen molar-refractivity contribution in [2.24, 2.45) is 4.99 Å². The normalized spacial score (nSPS) is 11.1. The molecule has 5 nitrogen and oxygen atoms in total. The fourth-order valence-corrected chi connectivity index (χ4v) is 2.80. The fraction of sp³-hybridized carbons (Fsp3) is 0.250. The second-order valence-corrected chi connectivity index (χ2v) is 5.81. The average Bonchev–Trinajstić information content (AvgIpc) is 3.08. The van der Waals surface area contributed by atoms with Gasteiger partial charge in [0.1, 0.15) is 5.75 Å². The zero-order valence-electron chi connectivity index (χ0n) is 15.1. The first-order chi connectivity index (χ1) is 12.3. The number of aliphatic imine (C=N–C) groups is 1. The van der Waals surface area contributed by atoms with Crippen LogP contribution in [0.5, 0.6) is 5.75 Å². The molecule has 0 bridgehead atoms. The lowest BCUT2D eigenvalue weighted by Crippen LogP contribution is -2.37. The maximum absolute atomic E-state index is 5.18. The van der Waals surface area contributed by atoms with Gasteiger partial charge in [-0.15, -0.1) is 24.0 Å². The minimum Gasteiger partial charge on any atom is -0.497 e. The molecule has 0 aliphatic carbocycles. The van der Waals surface area contributed by atoms with Crippen LogP contribution in [0.2, 0.25) is 0 Å². The summed E-state index contributed by atoms with van der Waals surface area (Å²) in [7, 11) is 3.46. The van der Waals surface area contributed by atoms with Crippen LogP contribution in [0.4, 0.5) is 0 Å². The largest absolute Gasteiger partial charge is 0.497 e. The minimum atomic E-state index is 0. The van der Waals surface area contributed by atoms with Crippen molar-refractivity contribution in [2.45, 2.75) is 13.0 Å². The van der Waals surface area contributed by atoms with E-state index in [0.717, 1.165) is 31.2 Å². The second kappa shape index (κ2) is 10.1. The summed E-state index contributed by atoms with van der Waals surface area (Å²) in [4.78, 5) is 7.59. The Morgan fingerprint density at radius 2 is 1.85 bits per heavy atom. The molecule has 0 aliphatic rings. The van der Waals surface area contributed by atoms with Gasteiger partial charge in [0.25, 0.3) is 0 Å². The van der Waals surface area contributed by atoms with Crippen molar-refractivity contribution in [3.05, 3.63) is 65.9 Å². The van der Waals surface area contributed by atoms with Gasteiger partial charge >= 0.3 is 0 Å². The van der Waals surface area contributed by atoms with Crippen LogP contribution < -0.4 is 15.4 Å². The van der Waals surface area contributed by atoms with Crippen LogP contribution >= 0.6 is 24.0 Å².